The van der Waals surface area contributed by atoms with Gasteiger partial charge in [-0.1, -0.05) is 29.3 Å². The smallest absolute Gasteiger partial charge is 0.338 e. The number of ether oxygens (including phenoxy) is 1. The van der Waals surface area contributed by atoms with Crippen LogP contribution in [0.5, 0.6) is 0 Å². The van der Waals surface area contributed by atoms with E-state index >= 15 is 0 Å². The highest BCUT2D eigenvalue weighted by Crippen LogP contribution is 2.20. The van der Waals surface area contributed by atoms with Crippen LogP contribution < -0.4 is 11.1 Å². The molecule has 2 aromatic rings. The van der Waals surface area contributed by atoms with Gasteiger partial charge in [0.2, 0.25) is 0 Å². The van der Waals surface area contributed by atoms with Crippen molar-refractivity contribution in [2.45, 2.75) is 11.8 Å². The second-order valence-corrected chi connectivity index (χ2v) is 6.90. The Hall–Kier alpha value is -2.18. The molecule has 3 N–H and O–H groups in total. The van der Waals surface area contributed by atoms with Crippen molar-refractivity contribution >= 4 is 40.9 Å². The predicted molar refractivity (Wildman–Crippen MR) is 101 cm³/mol. The Bertz CT molecular complexity index is 750. The van der Waals surface area contributed by atoms with E-state index in [0.717, 1.165) is 10.6 Å². The van der Waals surface area contributed by atoms with Gasteiger partial charge in [0.15, 0.2) is 6.61 Å². The lowest BCUT2D eigenvalue weighted by molar-refractivity contribution is -0.124. The number of carbonyl (C=O) groups excluding carboxylic acids is 2. The molecule has 0 bridgehead atoms. The molecule has 25 heavy (non-hydrogen) atoms. The lowest BCUT2D eigenvalue weighted by Gasteiger charge is -2.07. The fourth-order valence-electron chi connectivity index (χ4n) is 1.93. The number of nitrogens with one attached hydrogen (secondary N) is 1. The number of benzene rings is 2. The normalized spacial score (nSPS) is 10.3. The van der Waals surface area contributed by atoms with E-state index in [0.29, 0.717) is 11.6 Å². The van der Waals surface area contributed by atoms with Crippen LogP contribution in [0.1, 0.15) is 15.9 Å². The van der Waals surface area contributed by atoms with Crippen molar-refractivity contribution < 1.29 is 14.3 Å². The first kappa shape index (κ1) is 19.1. The van der Waals surface area contributed by atoms with E-state index in [1.807, 2.05) is 31.2 Å². The monoisotopic (exact) mass is 378 g/mol. The van der Waals surface area contributed by atoms with Crippen molar-refractivity contribution in [2.75, 3.05) is 24.6 Å². The van der Waals surface area contributed by atoms with E-state index in [2.05, 4.69) is 5.32 Å². The molecular weight excluding hydrogens is 360 g/mol. The summed E-state index contributed by atoms with van der Waals surface area (Å²) < 4.78 is 4.96. The minimum absolute atomic E-state index is 0.254. The van der Waals surface area contributed by atoms with Crippen molar-refractivity contribution in [2.24, 2.45) is 0 Å². The summed E-state index contributed by atoms with van der Waals surface area (Å²) in [5, 5.41) is 3.07. The van der Waals surface area contributed by atoms with Crippen LogP contribution in [0.4, 0.5) is 5.69 Å². The number of nitrogen functional groups attached to an aromatic ring is 1. The number of halogens is 1. The number of hydrogen-bond donors (Lipinski definition) is 2. The Morgan fingerprint density at radius 3 is 2.60 bits per heavy atom. The quantitative estimate of drug-likeness (QED) is 0.334. The van der Waals surface area contributed by atoms with Gasteiger partial charge in [-0.25, -0.2) is 4.79 Å². The molecule has 0 aliphatic carbocycles. The number of nitrogens with two attached hydrogens (primary N) is 1. The molecule has 0 saturated heterocycles. The van der Waals surface area contributed by atoms with Crippen LogP contribution in [0.25, 0.3) is 0 Å². The van der Waals surface area contributed by atoms with Crippen molar-refractivity contribution in [3.05, 3.63) is 58.6 Å². The van der Waals surface area contributed by atoms with Gasteiger partial charge in [-0.2, -0.15) is 0 Å². The Morgan fingerprint density at radius 2 is 1.92 bits per heavy atom. The first-order chi connectivity index (χ1) is 12.0. The third-order valence-corrected chi connectivity index (χ3v) is 4.64. The minimum atomic E-state index is -0.618. The van der Waals surface area contributed by atoms with Crippen LogP contribution in [0.2, 0.25) is 5.02 Å². The summed E-state index contributed by atoms with van der Waals surface area (Å²) in [4.78, 5) is 24.7. The van der Waals surface area contributed by atoms with Crippen molar-refractivity contribution in [1.82, 2.24) is 5.32 Å². The molecule has 0 aliphatic rings. The highest BCUT2D eigenvalue weighted by atomic mass is 35.5. The number of esters is 1. The highest BCUT2D eigenvalue weighted by Gasteiger charge is 2.11. The Labute approximate surface area is 155 Å². The fourth-order valence-corrected chi connectivity index (χ4v) is 2.82. The van der Waals surface area contributed by atoms with Crippen LogP contribution in [0, 0.1) is 6.92 Å². The number of aryl methyl sites for hydroxylation is 1. The van der Waals surface area contributed by atoms with Gasteiger partial charge in [0, 0.05) is 17.2 Å². The van der Waals surface area contributed by atoms with Crippen LogP contribution in [0.3, 0.4) is 0 Å². The second kappa shape index (κ2) is 9.34. The fraction of sp³-hybridized carbons (Fsp3) is 0.222. The minimum Gasteiger partial charge on any atom is -0.452 e. The molecule has 2 aromatic carbocycles. The van der Waals surface area contributed by atoms with E-state index in [-0.39, 0.29) is 23.8 Å². The molecule has 1 amide bonds. The molecule has 7 heteroatoms. The van der Waals surface area contributed by atoms with E-state index in [4.69, 9.17) is 22.1 Å². The molecule has 0 spiro atoms. The molecule has 0 radical (unpaired) electrons. The van der Waals surface area contributed by atoms with Gasteiger partial charge in [0.1, 0.15) is 0 Å². The molecule has 0 unspecified atom stereocenters. The van der Waals surface area contributed by atoms with Crippen molar-refractivity contribution in [1.29, 1.82) is 0 Å². The number of carbonyl (C=O) groups is 2. The average molecular weight is 379 g/mol. The zero-order chi connectivity index (χ0) is 18.2. The maximum Gasteiger partial charge on any atom is 0.338 e. The van der Waals surface area contributed by atoms with Gasteiger partial charge in [-0.15, -0.1) is 11.8 Å². The number of anilines is 1. The molecule has 0 aliphatic heterocycles. The Balaban J connectivity index is 1.67. The van der Waals surface area contributed by atoms with E-state index in [1.165, 1.54) is 23.8 Å². The van der Waals surface area contributed by atoms with Gasteiger partial charge < -0.3 is 15.8 Å². The molecule has 2 rings (SSSR count). The molecule has 0 aromatic heterocycles. The largest absolute Gasteiger partial charge is 0.452 e. The van der Waals surface area contributed by atoms with Crippen LogP contribution in [0.15, 0.2) is 47.4 Å². The first-order valence-electron chi connectivity index (χ1n) is 7.64. The molecule has 0 atom stereocenters. The van der Waals surface area contributed by atoms with E-state index < -0.39 is 5.97 Å². The summed E-state index contributed by atoms with van der Waals surface area (Å²) in [5.41, 5.74) is 7.38. The van der Waals surface area contributed by atoms with Gasteiger partial charge in [0.05, 0.1) is 16.3 Å². The predicted octanol–water partition coefficient (Wildman–Crippen LogP) is 3.30. The Kier molecular flexibility index (Phi) is 7.16. The molecule has 132 valence electrons. The summed E-state index contributed by atoms with van der Waals surface area (Å²) in [7, 11) is 0. The van der Waals surface area contributed by atoms with Crippen LogP contribution >= 0.6 is 23.4 Å². The second-order valence-electron chi connectivity index (χ2n) is 5.32. The lowest BCUT2D eigenvalue weighted by Crippen LogP contribution is -2.30. The number of amides is 1. The van der Waals surface area contributed by atoms with E-state index in [9.17, 15) is 9.59 Å². The Morgan fingerprint density at radius 1 is 1.20 bits per heavy atom. The van der Waals surface area contributed by atoms with Gasteiger partial charge in [-0.05, 0) is 37.3 Å². The van der Waals surface area contributed by atoms with Crippen molar-refractivity contribution in [3.8, 4) is 0 Å². The summed E-state index contributed by atoms with van der Waals surface area (Å²) in [6.45, 7) is 2.19. The molecule has 0 saturated carbocycles. The van der Waals surface area contributed by atoms with Crippen molar-refractivity contribution in [3.63, 3.8) is 0 Å². The third-order valence-electron chi connectivity index (χ3n) is 3.28. The molecule has 5 nitrogen and oxygen atoms in total. The van der Waals surface area contributed by atoms with Crippen LogP contribution in [-0.4, -0.2) is 30.8 Å². The summed E-state index contributed by atoms with van der Waals surface area (Å²) in [5.74, 6) is -0.233. The lowest BCUT2D eigenvalue weighted by atomic mass is 10.2. The third kappa shape index (κ3) is 6.32. The molecule has 0 heterocycles. The summed E-state index contributed by atoms with van der Waals surface area (Å²) >= 11 is 7.44. The van der Waals surface area contributed by atoms with Crippen LogP contribution in [-0.2, 0) is 9.53 Å². The zero-order valence-corrected chi connectivity index (χ0v) is 15.3. The number of thioether (sulfide) groups is 1. The topological polar surface area (TPSA) is 81.4 Å². The number of hydrogen-bond acceptors (Lipinski definition) is 5. The highest BCUT2D eigenvalue weighted by molar-refractivity contribution is 7.99. The standard InChI is InChI=1S/C18H19ClN2O3S/c1-12-2-5-14(6-3-12)25-9-8-21-17(22)11-24-18(23)13-4-7-15(19)16(20)10-13/h2-7,10H,8-9,11,20H2,1H3,(H,21,22). The summed E-state index contributed by atoms with van der Waals surface area (Å²) in [6.07, 6.45) is 0. The van der Waals surface area contributed by atoms with Gasteiger partial charge >= 0.3 is 5.97 Å². The first-order valence-corrected chi connectivity index (χ1v) is 9.00. The number of rotatable bonds is 7. The maximum absolute atomic E-state index is 11.9. The van der Waals surface area contributed by atoms with Gasteiger partial charge in [-0.3, -0.25) is 4.79 Å². The zero-order valence-electron chi connectivity index (χ0n) is 13.8. The molecule has 0 fully saturated rings. The average Bonchev–Trinajstić information content (AvgIpc) is 2.60. The maximum atomic E-state index is 11.9. The van der Waals surface area contributed by atoms with E-state index in [1.54, 1.807) is 11.8 Å². The SMILES string of the molecule is Cc1ccc(SCCNC(=O)COC(=O)c2ccc(Cl)c(N)c2)cc1. The molecular formula is C18H19ClN2O3S. The summed E-state index contributed by atoms with van der Waals surface area (Å²) in [6, 6.07) is 12.6. The van der Waals surface area contributed by atoms with Gasteiger partial charge in [0.25, 0.3) is 5.91 Å².